The predicted octanol–water partition coefficient (Wildman–Crippen LogP) is 4.80. The standard InChI is InChI=1S/C16H18ClN3.C9H17NO2/c1-12-3-2-8-20(11-12)16-15(17)9-14(10-19-16)13-4-6-18-7-5-13;1-2-10(7-11)8-3-5-9(12)6-4-8/h4-7,9-10,12H,2-3,8,11H2,1H3;7-9,12H,2-6H2,1H3. The molecule has 1 aliphatic carbocycles. The van der Waals surface area contributed by atoms with Crippen LogP contribution in [0.15, 0.2) is 36.8 Å². The fourth-order valence-electron chi connectivity index (χ4n) is 4.56. The number of carbonyl (C=O) groups is 1. The number of piperidine rings is 1. The first-order valence-electron chi connectivity index (χ1n) is 11.7. The van der Waals surface area contributed by atoms with Crippen molar-refractivity contribution in [2.45, 2.75) is 64.5 Å². The highest BCUT2D eigenvalue weighted by Crippen LogP contribution is 2.31. The van der Waals surface area contributed by atoms with Gasteiger partial charge in [0.2, 0.25) is 6.41 Å². The Morgan fingerprint density at radius 2 is 1.91 bits per heavy atom. The van der Waals surface area contributed by atoms with E-state index in [0.29, 0.717) is 12.0 Å². The quantitative estimate of drug-likeness (QED) is 0.651. The summed E-state index contributed by atoms with van der Waals surface area (Å²) < 4.78 is 0. The maximum Gasteiger partial charge on any atom is 0.209 e. The number of hydrogen-bond acceptors (Lipinski definition) is 5. The second kappa shape index (κ2) is 12.2. The highest BCUT2D eigenvalue weighted by Gasteiger charge is 2.23. The average molecular weight is 459 g/mol. The van der Waals surface area contributed by atoms with E-state index in [-0.39, 0.29) is 6.10 Å². The van der Waals surface area contributed by atoms with Gasteiger partial charge in [-0.3, -0.25) is 9.78 Å². The van der Waals surface area contributed by atoms with Crippen LogP contribution >= 0.6 is 11.6 Å². The van der Waals surface area contributed by atoms with E-state index < -0.39 is 0 Å². The van der Waals surface area contributed by atoms with Gasteiger partial charge in [0.1, 0.15) is 5.82 Å². The van der Waals surface area contributed by atoms with E-state index >= 15 is 0 Å². The fraction of sp³-hybridized carbons (Fsp3) is 0.560. The second-order valence-electron chi connectivity index (χ2n) is 8.86. The maximum atomic E-state index is 10.6. The third-order valence-corrected chi connectivity index (χ3v) is 6.71. The molecule has 7 heteroatoms. The zero-order valence-electron chi connectivity index (χ0n) is 19.2. The van der Waals surface area contributed by atoms with Crippen molar-refractivity contribution >= 4 is 23.8 Å². The zero-order chi connectivity index (χ0) is 22.9. The molecule has 1 saturated carbocycles. The Hall–Kier alpha value is -2.18. The lowest BCUT2D eigenvalue weighted by atomic mass is 9.92. The lowest BCUT2D eigenvalue weighted by molar-refractivity contribution is -0.121. The molecule has 1 N–H and O–H groups in total. The number of aliphatic hydroxyl groups is 1. The van der Waals surface area contributed by atoms with Crippen molar-refractivity contribution in [2.75, 3.05) is 24.5 Å². The molecule has 1 amide bonds. The van der Waals surface area contributed by atoms with Crippen molar-refractivity contribution in [1.82, 2.24) is 14.9 Å². The van der Waals surface area contributed by atoms with E-state index in [1.54, 1.807) is 12.4 Å². The smallest absolute Gasteiger partial charge is 0.209 e. The Morgan fingerprint density at radius 1 is 1.19 bits per heavy atom. The number of halogens is 1. The van der Waals surface area contributed by atoms with Crippen LogP contribution < -0.4 is 4.90 Å². The molecular weight excluding hydrogens is 424 g/mol. The molecule has 2 aromatic heterocycles. The number of amides is 1. The number of hydrogen-bond donors (Lipinski definition) is 1. The van der Waals surface area contributed by atoms with Crippen molar-refractivity contribution in [3.8, 4) is 11.1 Å². The molecule has 4 rings (SSSR count). The Morgan fingerprint density at radius 3 is 2.50 bits per heavy atom. The molecule has 1 atom stereocenters. The summed E-state index contributed by atoms with van der Waals surface area (Å²) in [5, 5.41) is 9.98. The molecule has 32 heavy (non-hydrogen) atoms. The van der Waals surface area contributed by atoms with Crippen LogP contribution in [0.4, 0.5) is 5.82 Å². The van der Waals surface area contributed by atoms with Gasteiger partial charge in [0.25, 0.3) is 0 Å². The summed E-state index contributed by atoms with van der Waals surface area (Å²) in [5.74, 6) is 1.62. The van der Waals surface area contributed by atoms with E-state index in [9.17, 15) is 9.90 Å². The van der Waals surface area contributed by atoms with Gasteiger partial charge in [-0.05, 0) is 75.1 Å². The summed E-state index contributed by atoms with van der Waals surface area (Å²) in [6.07, 6.45) is 12.3. The van der Waals surface area contributed by atoms with Crippen molar-refractivity contribution in [1.29, 1.82) is 0 Å². The van der Waals surface area contributed by atoms with Crippen LogP contribution in [0.25, 0.3) is 11.1 Å². The van der Waals surface area contributed by atoms with Gasteiger partial charge in [-0.25, -0.2) is 4.98 Å². The highest BCUT2D eigenvalue weighted by molar-refractivity contribution is 6.33. The van der Waals surface area contributed by atoms with E-state index in [1.807, 2.05) is 36.2 Å². The van der Waals surface area contributed by atoms with Crippen LogP contribution in [-0.2, 0) is 4.79 Å². The van der Waals surface area contributed by atoms with Crippen molar-refractivity contribution in [3.05, 3.63) is 41.8 Å². The van der Waals surface area contributed by atoms with Crippen LogP contribution in [0.2, 0.25) is 5.02 Å². The summed E-state index contributed by atoms with van der Waals surface area (Å²) in [6.45, 7) is 7.14. The predicted molar refractivity (Wildman–Crippen MR) is 130 cm³/mol. The van der Waals surface area contributed by atoms with Crippen molar-refractivity contribution < 1.29 is 9.90 Å². The number of pyridine rings is 2. The number of aromatic nitrogens is 2. The summed E-state index contributed by atoms with van der Waals surface area (Å²) in [7, 11) is 0. The van der Waals surface area contributed by atoms with Gasteiger partial charge in [0.05, 0.1) is 11.1 Å². The SMILES string of the molecule is CC1CCCN(c2ncc(-c3ccncc3)cc2Cl)C1.CCN(C=O)C1CCC(O)CC1. The number of aliphatic hydroxyl groups excluding tert-OH is 1. The van der Waals surface area contributed by atoms with Gasteiger partial charge in [0.15, 0.2) is 0 Å². The Bertz CT molecular complexity index is 843. The van der Waals surface area contributed by atoms with Crippen LogP contribution in [0.5, 0.6) is 0 Å². The fourth-order valence-corrected chi connectivity index (χ4v) is 4.84. The first kappa shape index (κ1) is 24.5. The van der Waals surface area contributed by atoms with Crippen LogP contribution in [0.3, 0.4) is 0 Å². The third kappa shape index (κ3) is 6.66. The summed E-state index contributed by atoms with van der Waals surface area (Å²) in [4.78, 5) is 23.3. The van der Waals surface area contributed by atoms with Crippen LogP contribution in [0.1, 0.15) is 52.4 Å². The molecule has 0 radical (unpaired) electrons. The molecular formula is C25H35ClN4O2. The molecule has 2 aromatic rings. The summed E-state index contributed by atoms with van der Waals surface area (Å²) in [5.41, 5.74) is 2.12. The molecule has 2 aliphatic rings. The molecule has 1 saturated heterocycles. The highest BCUT2D eigenvalue weighted by atomic mass is 35.5. The summed E-state index contributed by atoms with van der Waals surface area (Å²) >= 11 is 6.44. The minimum Gasteiger partial charge on any atom is -0.393 e. The molecule has 1 unspecified atom stereocenters. The summed E-state index contributed by atoms with van der Waals surface area (Å²) in [6, 6.07) is 6.31. The minimum absolute atomic E-state index is 0.133. The molecule has 0 spiro atoms. The first-order valence-corrected chi connectivity index (χ1v) is 12.1. The average Bonchev–Trinajstić information content (AvgIpc) is 2.82. The van der Waals surface area contributed by atoms with Crippen molar-refractivity contribution in [2.24, 2.45) is 5.92 Å². The van der Waals surface area contributed by atoms with Crippen molar-refractivity contribution in [3.63, 3.8) is 0 Å². The van der Waals surface area contributed by atoms with Gasteiger partial charge < -0.3 is 14.9 Å². The first-order chi connectivity index (χ1) is 15.5. The maximum absolute atomic E-state index is 10.6. The monoisotopic (exact) mass is 458 g/mol. The Kier molecular flexibility index (Phi) is 9.30. The largest absolute Gasteiger partial charge is 0.393 e. The van der Waals surface area contributed by atoms with Gasteiger partial charge in [-0.1, -0.05) is 18.5 Å². The molecule has 0 bridgehead atoms. The lowest BCUT2D eigenvalue weighted by Crippen LogP contribution is -2.37. The van der Waals surface area contributed by atoms with Crippen LogP contribution in [0, 0.1) is 5.92 Å². The number of carbonyl (C=O) groups excluding carboxylic acids is 1. The van der Waals surface area contributed by atoms with Gasteiger partial charge in [-0.15, -0.1) is 0 Å². The Labute approximate surface area is 196 Å². The molecule has 0 aromatic carbocycles. The second-order valence-corrected chi connectivity index (χ2v) is 9.26. The van der Waals surface area contributed by atoms with Gasteiger partial charge in [0, 0.05) is 49.8 Å². The number of rotatable bonds is 5. The number of anilines is 1. The molecule has 1 aliphatic heterocycles. The third-order valence-electron chi connectivity index (χ3n) is 6.43. The van der Waals surface area contributed by atoms with Gasteiger partial charge >= 0.3 is 0 Å². The number of nitrogens with zero attached hydrogens (tertiary/aromatic N) is 4. The van der Waals surface area contributed by atoms with Gasteiger partial charge in [-0.2, -0.15) is 0 Å². The van der Waals surface area contributed by atoms with E-state index in [1.165, 1.54) is 12.8 Å². The lowest BCUT2D eigenvalue weighted by Gasteiger charge is -2.32. The van der Waals surface area contributed by atoms with E-state index in [2.05, 4.69) is 21.8 Å². The molecule has 6 nitrogen and oxygen atoms in total. The van der Waals surface area contributed by atoms with E-state index in [0.717, 1.165) is 73.7 Å². The Balaban J connectivity index is 0.000000207. The normalized spacial score (nSPS) is 23.1. The molecule has 174 valence electrons. The van der Waals surface area contributed by atoms with E-state index in [4.69, 9.17) is 11.6 Å². The molecule has 3 heterocycles. The molecule has 2 fully saturated rings. The van der Waals surface area contributed by atoms with Crippen LogP contribution in [-0.4, -0.2) is 58.2 Å². The topological polar surface area (TPSA) is 69.6 Å². The zero-order valence-corrected chi connectivity index (χ0v) is 19.9. The minimum atomic E-state index is -0.133.